The van der Waals surface area contributed by atoms with E-state index in [1.165, 1.54) is 13.0 Å². The maximum absolute atomic E-state index is 14.1. The van der Waals surface area contributed by atoms with Crippen LogP contribution in [0.1, 0.15) is 30.5 Å². The average Bonchev–Trinajstić information content (AvgIpc) is 2.46. The number of carbonyl (C=O) groups is 1. The molecule has 0 N–H and O–H groups in total. The lowest BCUT2D eigenvalue weighted by molar-refractivity contribution is -0.117. The first kappa shape index (κ1) is 15.1. The summed E-state index contributed by atoms with van der Waals surface area (Å²) in [6.45, 7) is 5.16. The molecule has 2 nitrogen and oxygen atoms in total. The first-order valence-electron chi connectivity index (χ1n) is 6.90. The highest BCUT2D eigenvalue weighted by Gasteiger charge is 2.16. The lowest BCUT2D eigenvalue weighted by Gasteiger charge is -2.13. The zero-order valence-corrected chi connectivity index (χ0v) is 12.4. The number of hydrogen-bond acceptors (Lipinski definition) is 2. The lowest BCUT2D eigenvalue weighted by Crippen LogP contribution is -2.16. The van der Waals surface area contributed by atoms with Gasteiger partial charge in [-0.2, -0.15) is 0 Å². The summed E-state index contributed by atoms with van der Waals surface area (Å²) < 4.78 is 14.1. The van der Waals surface area contributed by atoms with Crippen LogP contribution in [0, 0.1) is 12.7 Å². The van der Waals surface area contributed by atoms with E-state index in [4.69, 9.17) is 0 Å². The number of ketones is 1. The predicted molar refractivity (Wildman–Crippen MR) is 83.4 cm³/mol. The number of aliphatic imine (C=N–C) groups is 1. The highest BCUT2D eigenvalue weighted by Crippen LogP contribution is 2.18. The van der Waals surface area contributed by atoms with Crippen molar-refractivity contribution in [2.45, 2.75) is 26.8 Å². The molecule has 0 fully saturated rings. The molecular weight excluding hydrogens is 265 g/mol. The van der Waals surface area contributed by atoms with Gasteiger partial charge < -0.3 is 0 Å². The molecule has 0 amide bonds. The second-order valence-corrected chi connectivity index (χ2v) is 5.06. The van der Waals surface area contributed by atoms with Gasteiger partial charge in [-0.05, 0) is 38.5 Å². The van der Waals surface area contributed by atoms with Crippen LogP contribution < -0.4 is 0 Å². The maximum atomic E-state index is 14.1. The SMILES string of the molecule is CC(=O)C(C)N=C(c1ccccc1C)c1ccccc1F. The largest absolute Gasteiger partial charge is 0.298 e. The van der Waals surface area contributed by atoms with Crippen LogP contribution in [-0.2, 0) is 4.79 Å². The first-order valence-corrected chi connectivity index (χ1v) is 6.90. The first-order chi connectivity index (χ1) is 10.0. The molecule has 0 aliphatic carbocycles. The van der Waals surface area contributed by atoms with Crippen LogP contribution in [0.3, 0.4) is 0 Å². The number of halogens is 1. The smallest absolute Gasteiger partial charge is 0.153 e. The summed E-state index contributed by atoms with van der Waals surface area (Å²) in [6.07, 6.45) is 0. The van der Waals surface area contributed by atoms with Gasteiger partial charge >= 0.3 is 0 Å². The van der Waals surface area contributed by atoms with Crippen molar-refractivity contribution in [3.63, 3.8) is 0 Å². The van der Waals surface area contributed by atoms with Crippen molar-refractivity contribution in [2.24, 2.45) is 4.99 Å². The third-order valence-corrected chi connectivity index (χ3v) is 3.44. The molecule has 108 valence electrons. The summed E-state index contributed by atoms with van der Waals surface area (Å²) in [5.74, 6) is -0.382. The van der Waals surface area contributed by atoms with Gasteiger partial charge in [-0.15, -0.1) is 0 Å². The van der Waals surface area contributed by atoms with E-state index in [-0.39, 0.29) is 11.6 Å². The van der Waals surface area contributed by atoms with E-state index in [0.29, 0.717) is 11.3 Å². The van der Waals surface area contributed by atoms with Crippen LogP contribution in [0.4, 0.5) is 4.39 Å². The Labute approximate surface area is 124 Å². The number of hydrogen-bond donors (Lipinski definition) is 0. The number of nitrogens with zero attached hydrogens (tertiary/aromatic N) is 1. The van der Waals surface area contributed by atoms with Gasteiger partial charge in [0.05, 0.1) is 5.71 Å². The molecule has 1 atom stereocenters. The van der Waals surface area contributed by atoms with Gasteiger partial charge in [0.2, 0.25) is 0 Å². The highest BCUT2D eigenvalue weighted by molar-refractivity contribution is 6.14. The number of carbonyl (C=O) groups excluding carboxylic acids is 1. The second kappa shape index (κ2) is 6.44. The van der Waals surface area contributed by atoms with Crippen LogP contribution in [-0.4, -0.2) is 17.5 Å². The summed E-state index contributed by atoms with van der Waals surface area (Å²) in [7, 11) is 0. The lowest BCUT2D eigenvalue weighted by atomic mass is 9.97. The van der Waals surface area contributed by atoms with Gasteiger partial charge in [0.25, 0.3) is 0 Å². The molecule has 21 heavy (non-hydrogen) atoms. The summed E-state index contributed by atoms with van der Waals surface area (Å²) in [5, 5.41) is 0. The minimum atomic E-state index is -0.501. The second-order valence-electron chi connectivity index (χ2n) is 5.06. The van der Waals surface area contributed by atoms with Crippen molar-refractivity contribution >= 4 is 11.5 Å². The minimum Gasteiger partial charge on any atom is -0.298 e. The Balaban J connectivity index is 2.64. The molecule has 0 aliphatic heterocycles. The molecule has 2 aromatic carbocycles. The van der Waals surface area contributed by atoms with Gasteiger partial charge in [0, 0.05) is 11.1 Å². The third kappa shape index (κ3) is 3.43. The van der Waals surface area contributed by atoms with Crippen LogP contribution in [0.15, 0.2) is 53.5 Å². The van der Waals surface area contributed by atoms with Crippen LogP contribution in [0.2, 0.25) is 0 Å². The number of aryl methyl sites for hydroxylation is 1. The highest BCUT2D eigenvalue weighted by atomic mass is 19.1. The topological polar surface area (TPSA) is 29.4 Å². The number of Topliss-reactive ketones (excluding diaryl/α,β-unsaturated/α-hetero) is 1. The van der Waals surface area contributed by atoms with E-state index in [1.807, 2.05) is 31.2 Å². The summed E-state index contributed by atoms with van der Waals surface area (Å²) >= 11 is 0. The molecule has 0 spiro atoms. The van der Waals surface area contributed by atoms with Crippen molar-refractivity contribution in [1.29, 1.82) is 0 Å². The zero-order chi connectivity index (χ0) is 15.4. The molecule has 0 saturated carbocycles. The van der Waals surface area contributed by atoms with Crippen LogP contribution >= 0.6 is 0 Å². The minimum absolute atomic E-state index is 0.0441. The number of benzene rings is 2. The van der Waals surface area contributed by atoms with Crippen molar-refractivity contribution in [3.05, 3.63) is 71.0 Å². The molecule has 2 rings (SSSR count). The Kier molecular flexibility index (Phi) is 4.63. The molecule has 2 aromatic rings. The fraction of sp³-hybridized carbons (Fsp3) is 0.222. The molecule has 0 saturated heterocycles. The summed E-state index contributed by atoms with van der Waals surface area (Å²) in [4.78, 5) is 16.0. The predicted octanol–water partition coefficient (Wildman–Crippen LogP) is 3.95. The van der Waals surface area contributed by atoms with Gasteiger partial charge in [0.1, 0.15) is 11.9 Å². The van der Waals surface area contributed by atoms with Crippen molar-refractivity contribution in [3.8, 4) is 0 Å². The van der Waals surface area contributed by atoms with E-state index in [0.717, 1.165) is 11.1 Å². The third-order valence-electron chi connectivity index (χ3n) is 3.44. The molecule has 1 unspecified atom stereocenters. The summed E-state index contributed by atoms with van der Waals surface area (Å²) in [6, 6.07) is 13.7. The normalized spacial score (nSPS) is 13.0. The van der Waals surface area contributed by atoms with Gasteiger partial charge in [0.15, 0.2) is 5.78 Å². The number of rotatable bonds is 4. The molecule has 3 heteroatoms. The van der Waals surface area contributed by atoms with Gasteiger partial charge in [-0.25, -0.2) is 4.39 Å². The Morgan fingerprint density at radius 2 is 1.62 bits per heavy atom. The van der Waals surface area contributed by atoms with Gasteiger partial charge in [-0.1, -0.05) is 36.4 Å². The molecular formula is C18H18FNO. The molecule has 0 bridgehead atoms. The Morgan fingerprint density at radius 3 is 2.19 bits per heavy atom. The van der Waals surface area contributed by atoms with E-state index >= 15 is 0 Å². The zero-order valence-electron chi connectivity index (χ0n) is 12.4. The van der Waals surface area contributed by atoms with E-state index in [2.05, 4.69) is 4.99 Å². The summed E-state index contributed by atoms with van der Waals surface area (Å²) in [5.41, 5.74) is 2.78. The van der Waals surface area contributed by atoms with Gasteiger partial charge in [-0.3, -0.25) is 9.79 Å². The van der Waals surface area contributed by atoms with Crippen molar-refractivity contribution in [1.82, 2.24) is 0 Å². The van der Waals surface area contributed by atoms with E-state index in [1.54, 1.807) is 25.1 Å². The Morgan fingerprint density at radius 1 is 1.05 bits per heavy atom. The van der Waals surface area contributed by atoms with E-state index in [9.17, 15) is 9.18 Å². The molecule has 0 heterocycles. The quantitative estimate of drug-likeness (QED) is 0.781. The Bertz CT molecular complexity index is 644. The van der Waals surface area contributed by atoms with Crippen LogP contribution in [0.25, 0.3) is 0 Å². The fourth-order valence-electron chi connectivity index (χ4n) is 2.06. The van der Waals surface area contributed by atoms with Crippen molar-refractivity contribution < 1.29 is 9.18 Å². The molecule has 0 aromatic heterocycles. The van der Waals surface area contributed by atoms with Crippen LogP contribution in [0.5, 0.6) is 0 Å². The molecule has 0 radical (unpaired) electrons. The monoisotopic (exact) mass is 283 g/mol. The van der Waals surface area contributed by atoms with Crippen molar-refractivity contribution in [2.75, 3.05) is 0 Å². The standard InChI is InChI=1S/C18H18FNO/c1-12-8-4-5-9-15(12)18(20-13(2)14(3)21)16-10-6-7-11-17(16)19/h4-11,13H,1-3H3. The maximum Gasteiger partial charge on any atom is 0.153 e. The Hall–Kier alpha value is -2.29. The fourth-order valence-corrected chi connectivity index (χ4v) is 2.06. The molecule has 0 aliphatic rings. The average molecular weight is 283 g/mol. The van der Waals surface area contributed by atoms with E-state index < -0.39 is 6.04 Å².